The molecular formula is C11H16N2O. The number of nitrogens with one attached hydrogen (secondary N) is 1. The summed E-state index contributed by atoms with van der Waals surface area (Å²) < 4.78 is 0. The van der Waals surface area contributed by atoms with Crippen molar-refractivity contribution in [1.82, 2.24) is 5.32 Å². The van der Waals surface area contributed by atoms with E-state index in [0.717, 1.165) is 18.4 Å². The van der Waals surface area contributed by atoms with Crippen molar-refractivity contribution in [3.8, 4) is 0 Å². The van der Waals surface area contributed by atoms with Crippen molar-refractivity contribution in [3.63, 3.8) is 0 Å². The normalized spacial score (nSPS) is 23.9. The van der Waals surface area contributed by atoms with Crippen LogP contribution in [0.15, 0.2) is 36.5 Å². The minimum absolute atomic E-state index is 0.0451. The Labute approximate surface area is 84.4 Å². The molecule has 0 aliphatic heterocycles. The van der Waals surface area contributed by atoms with Crippen LogP contribution < -0.4 is 11.1 Å². The molecule has 3 N–H and O–H groups in total. The molecule has 1 rings (SSSR count). The molecule has 1 saturated carbocycles. The third kappa shape index (κ3) is 2.57. The second kappa shape index (κ2) is 4.77. The molecule has 1 atom stereocenters. The maximum atomic E-state index is 11.0. The Morgan fingerprint density at radius 2 is 2.36 bits per heavy atom. The van der Waals surface area contributed by atoms with Crippen LogP contribution in [-0.2, 0) is 4.79 Å². The van der Waals surface area contributed by atoms with Gasteiger partial charge >= 0.3 is 0 Å². The Bertz CT molecular complexity index is 292. The monoisotopic (exact) mass is 192 g/mol. The zero-order chi connectivity index (χ0) is 10.6. The lowest BCUT2D eigenvalue weighted by Crippen LogP contribution is -2.37. The summed E-state index contributed by atoms with van der Waals surface area (Å²) in [6.07, 6.45) is 5.33. The molecule has 0 aromatic heterocycles. The van der Waals surface area contributed by atoms with Gasteiger partial charge < -0.3 is 11.1 Å². The van der Waals surface area contributed by atoms with E-state index < -0.39 is 0 Å². The van der Waals surface area contributed by atoms with Crippen LogP contribution in [0.3, 0.4) is 0 Å². The number of allylic oxidation sites excluding steroid dienone is 2. The molecular weight excluding hydrogens is 176 g/mol. The quantitative estimate of drug-likeness (QED) is 0.697. The lowest BCUT2D eigenvalue weighted by molar-refractivity contribution is -0.120. The number of nitrogens with two attached hydrogens (primary N) is 1. The summed E-state index contributed by atoms with van der Waals surface area (Å²) in [5.41, 5.74) is 7.46. The number of rotatable bonds is 3. The zero-order valence-electron chi connectivity index (χ0n) is 8.25. The lowest BCUT2D eigenvalue weighted by atomic mass is 10.1. The second-order valence-electron chi connectivity index (χ2n) is 3.41. The van der Waals surface area contributed by atoms with Gasteiger partial charge in [0.25, 0.3) is 0 Å². The van der Waals surface area contributed by atoms with Gasteiger partial charge in [0.1, 0.15) is 0 Å². The van der Waals surface area contributed by atoms with Gasteiger partial charge in [0.05, 0.1) is 6.54 Å². The van der Waals surface area contributed by atoms with E-state index in [1.54, 1.807) is 6.08 Å². The highest BCUT2D eigenvalue weighted by Crippen LogP contribution is 2.29. The fourth-order valence-electron chi connectivity index (χ4n) is 1.63. The van der Waals surface area contributed by atoms with Crippen molar-refractivity contribution in [3.05, 3.63) is 36.5 Å². The maximum absolute atomic E-state index is 11.0. The Morgan fingerprint density at radius 3 is 2.93 bits per heavy atom. The molecule has 0 spiro atoms. The minimum Gasteiger partial charge on any atom is -0.352 e. The van der Waals surface area contributed by atoms with Crippen molar-refractivity contribution in [1.29, 1.82) is 0 Å². The summed E-state index contributed by atoms with van der Waals surface area (Å²) in [7, 11) is 0. The molecule has 76 valence electrons. The molecule has 0 radical (unpaired) electrons. The largest absolute Gasteiger partial charge is 0.352 e. The summed E-state index contributed by atoms with van der Waals surface area (Å²) in [6, 6.07) is 0.157. The summed E-state index contributed by atoms with van der Waals surface area (Å²) in [5.74, 6) is -0.109. The number of carbonyl (C=O) groups excluding carboxylic acids is 1. The van der Waals surface area contributed by atoms with Crippen molar-refractivity contribution in [2.24, 2.45) is 5.73 Å². The molecule has 1 amide bonds. The second-order valence-corrected chi connectivity index (χ2v) is 3.41. The van der Waals surface area contributed by atoms with Gasteiger partial charge in [-0.25, -0.2) is 0 Å². The van der Waals surface area contributed by atoms with Gasteiger partial charge in [-0.2, -0.15) is 0 Å². The highest BCUT2D eigenvalue weighted by Gasteiger charge is 2.22. The average Bonchev–Trinajstić information content (AvgIpc) is 2.47. The number of amides is 1. The summed E-state index contributed by atoms with van der Waals surface area (Å²) in [6.45, 7) is 7.62. The van der Waals surface area contributed by atoms with E-state index in [1.807, 2.05) is 6.08 Å². The van der Waals surface area contributed by atoms with E-state index in [4.69, 9.17) is 5.73 Å². The molecule has 0 heterocycles. The Balaban J connectivity index is 2.55. The van der Waals surface area contributed by atoms with Gasteiger partial charge in [0.2, 0.25) is 5.91 Å². The molecule has 14 heavy (non-hydrogen) atoms. The van der Waals surface area contributed by atoms with E-state index in [2.05, 4.69) is 18.5 Å². The van der Waals surface area contributed by atoms with Gasteiger partial charge in [-0.05, 0) is 24.0 Å². The molecule has 0 aromatic carbocycles. The van der Waals surface area contributed by atoms with Crippen molar-refractivity contribution in [2.75, 3.05) is 6.54 Å². The summed E-state index contributed by atoms with van der Waals surface area (Å²) in [4.78, 5) is 11.0. The summed E-state index contributed by atoms with van der Waals surface area (Å²) >= 11 is 0. The molecule has 1 fully saturated rings. The number of carbonyl (C=O) groups is 1. The average molecular weight is 192 g/mol. The van der Waals surface area contributed by atoms with Crippen LogP contribution in [-0.4, -0.2) is 18.5 Å². The van der Waals surface area contributed by atoms with Gasteiger partial charge in [-0.3, -0.25) is 4.79 Å². The first-order valence-corrected chi connectivity index (χ1v) is 4.66. The highest BCUT2D eigenvalue weighted by atomic mass is 16.1. The maximum Gasteiger partial charge on any atom is 0.233 e. The van der Waals surface area contributed by atoms with E-state index in [-0.39, 0.29) is 18.5 Å². The highest BCUT2D eigenvalue weighted by molar-refractivity contribution is 5.78. The van der Waals surface area contributed by atoms with Crippen LogP contribution in [0.1, 0.15) is 12.8 Å². The van der Waals surface area contributed by atoms with E-state index in [0.29, 0.717) is 0 Å². The molecule has 3 nitrogen and oxygen atoms in total. The van der Waals surface area contributed by atoms with E-state index >= 15 is 0 Å². The van der Waals surface area contributed by atoms with Crippen LogP contribution in [0, 0.1) is 0 Å². The predicted octanol–water partition coefficient (Wildman–Crippen LogP) is 0.892. The molecule has 3 heteroatoms. The summed E-state index contributed by atoms with van der Waals surface area (Å²) in [5, 5.41) is 2.85. The third-order valence-corrected chi connectivity index (χ3v) is 2.28. The van der Waals surface area contributed by atoms with Crippen LogP contribution in [0.25, 0.3) is 0 Å². The first-order valence-electron chi connectivity index (χ1n) is 4.66. The van der Waals surface area contributed by atoms with Crippen LogP contribution in [0.4, 0.5) is 0 Å². The van der Waals surface area contributed by atoms with Crippen LogP contribution in [0.2, 0.25) is 0 Å². The first kappa shape index (κ1) is 10.7. The minimum atomic E-state index is -0.109. The van der Waals surface area contributed by atoms with Gasteiger partial charge in [-0.1, -0.05) is 25.3 Å². The molecule has 0 aromatic rings. The predicted molar refractivity (Wildman–Crippen MR) is 57.6 cm³/mol. The first-order chi connectivity index (χ1) is 6.67. The molecule has 0 bridgehead atoms. The standard InChI is InChI=1S/C11H16N2O/c1-3-4-9-6-10(5-8(9)2)13-11(14)7-12/h3-4,10H,1-2,5-7,12H2,(H,13,14)/b9-4-. The van der Waals surface area contributed by atoms with Gasteiger partial charge in [0, 0.05) is 6.04 Å². The number of hydrogen-bond donors (Lipinski definition) is 2. The fraction of sp³-hybridized carbons (Fsp3) is 0.364. The van der Waals surface area contributed by atoms with Crippen molar-refractivity contribution in [2.45, 2.75) is 18.9 Å². The smallest absolute Gasteiger partial charge is 0.233 e. The van der Waals surface area contributed by atoms with Crippen LogP contribution >= 0.6 is 0 Å². The topological polar surface area (TPSA) is 55.1 Å². The Hall–Kier alpha value is -1.35. The van der Waals surface area contributed by atoms with Crippen molar-refractivity contribution >= 4 is 5.91 Å². The molecule has 1 unspecified atom stereocenters. The SMILES string of the molecule is C=C/C=C1/CC(NC(=O)CN)CC1=C. The van der Waals surface area contributed by atoms with Gasteiger partial charge in [0.15, 0.2) is 0 Å². The molecule has 1 aliphatic rings. The Kier molecular flexibility index (Phi) is 3.65. The zero-order valence-corrected chi connectivity index (χ0v) is 8.25. The lowest BCUT2D eigenvalue weighted by Gasteiger charge is -2.09. The molecule has 0 saturated heterocycles. The van der Waals surface area contributed by atoms with E-state index in [9.17, 15) is 4.79 Å². The van der Waals surface area contributed by atoms with Crippen molar-refractivity contribution < 1.29 is 4.79 Å². The van der Waals surface area contributed by atoms with E-state index in [1.165, 1.54) is 5.57 Å². The molecule has 1 aliphatic carbocycles. The van der Waals surface area contributed by atoms with Gasteiger partial charge in [-0.15, -0.1) is 0 Å². The third-order valence-electron chi connectivity index (χ3n) is 2.28. The van der Waals surface area contributed by atoms with Crippen LogP contribution in [0.5, 0.6) is 0 Å². The fourth-order valence-corrected chi connectivity index (χ4v) is 1.63. The Morgan fingerprint density at radius 1 is 1.64 bits per heavy atom. The number of hydrogen-bond acceptors (Lipinski definition) is 2.